The molecule has 3 aliphatic rings. The van der Waals surface area contributed by atoms with Crippen molar-refractivity contribution in [3.63, 3.8) is 0 Å². The van der Waals surface area contributed by atoms with Crippen molar-refractivity contribution in [2.24, 2.45) is 0 Å². The fourth-order valence-corrected chi connectivity index (χ4v) is 7.04. The molecule has 3 aliphatic heterocycles. The number of ether oxygens (including phenoxy) is 3. The van der Waals surface area contributed by atoms with Crippen molar-refractivity contribution in [1.29, 1.82) is 0 Å². The van der Waals surface area contributed by atoms with Crippen molar-refractivity contribution in [1.82, 2.24) is 14.5 Å². The van der Waals surface area contributed by atoms with Crippen molar-refractivity contribution in [2.75, 3.05) is 19.7 Å². The van der Waals surface area contributed by atoms with Crippen molar-refractivity contribution in [3.8, 4) is 11.5 Å². The SMILES string of the molecule is [C-]#[N+]c1ccc([C@@]2(C)Oc3cccc(C4CCN(Cc5nc6sc(C(=O)O)cc6n5C[C@@H]5CCO5)CC4)c3O2)c(F)c1. The van der Waals surface area contributed by atoms with Crippen LogP contribution in [0, 0.1) is 12.4 Å². The normalized spacial score (nSPS) is 22.3. The molecule has 0 aliphatic carbocycles. The summed E-state index contributed by atoms with van der Waals surface area (Å²) in [7, 11) is 0. The molecule has 2 saturated heterocycles. The zero-order valence-electron chi connectivity index (χ0n) is 23.0. The Kier molecular flexibility index (Phi) is 6.65. The summed E-state index contributed by atoms with van der Waals surface area (Å²) in [6, 6.07) is 11.9. The van der Waals surface area contributed by atoms with Crippen molar-refractivity contribution in [3.05, 3.63) is 81.5 Å². The number of para-hydroxylation sites is 1. The Bertz CT molecular complexity index is 1730. The number of likely N-dealkylation sites (tertiary alicyclic amines) is 1. The lowest BCUT2D eigenvalue weighted by Crippen LogP contribution is -2.35. The maximum atomic E-state index is 14.9. The Balaban J connectivity index is 1.06. The maximum Gasteiger partial charge on any atom is 0.346 e. The molecule has 0 bridgehead atoms. The van der Waals surface area contributed by atoms with Gasteiger partial charge >= 0.3 is 5.97 Å². The van der Waals surface area contributed by atoms with Crippen LogP contribution in [0.3, 0.4) is 0 Å². The van der Waals surface area contributed by atoms with Crippen LogP contribution >= 0.6 is 11.3 Å². The molecule has 1 N–H and O–H groups in total. The molecule has 0 saturated carbocycles. The average Bonchev–Trinajstić information content (AvgIpc) is 3.62. The lowest BCUT2D eigenvalue weighted by molar-refractivity contribution is -0.0711. The Hall–Kier alpha value is -3.98. The van der Waals surface area contributed by atoms with Crippen LogP contribution in [0.25, 0.3) is 15.2 Å². The van der Waals surface area contributed by atoms with Gasteiger partial charge in [-0.25, -0.2) is 19.0 Å². The summed E-state index contributed by atoms with van der Waals surface area (Å²) in [5.41, 5.74) is 2.40. The molecule has 2 fully saturated rings. The van der Waals surface area contributed by atoms with Gasteiger partial charge < -0.3 is 23.9 Å². The number of nitrogens with zero attached hydrogens (tertiary/aromatic N) is 4. The van der Waals surface area contributed by atoms with E-state index in [1.807, 2.05) is 12.1 Å². The first-order valence-electron chi connectivity index (χ1n) is 14.1. The van der Waals surface area contributed by atoms with E-state index >= 15 is 0 Å². The third kappa shape index (κ3) is 4.69. The first-order valence-corrected chi connectivity index (χ1v) is 14.9. The highest BCUT2D eigenvalue weighted by Gasteiger charge is 2.43. The highest BCUT2D eigenvalue weighted by molar-refractivity contribution is 7.20. The number of aromatic nitrogens is 2. The zero-order valence-corrected chi connectivity index (χ0v) is 23.8. The molecule has 2 aromatic carbocycles. The summed E-state index contributed by atoms with van der Waals surface area (Å²) in [5, 5.41) is 9.46. The second kappa shape index (κ2) is 10.4. The van der Waals surface area contributed by atoms with E-state index < -0.39 is 17.6 Å². The maximum absolute atomic E-state index is 14.9. The van der Waals surface area contributed by atoms with Crippen molar-refractivity contribution < 1.29 is 28.5 Å². The number of imidazole rings is 1. The molecule has 9 nitrogen and oxygen atoms in total. The highest BCUT2D eigenvalue weighted by atomic mass is 32.1. The molecule has 0 spiro atoms. The van der Waals surface area contributed by atoms with Crippen LogP contribution in [0.5, 0.6) is 11.5 Å². The molecule has 5 heterocycles. The predicted molar refractivity (Wildman–Crippen MR) is 154 cm³/mol. The van der Waals surface area contributed by atoms with Gasteiger partial charge in [-0.3, -0.25) is 4.90 Å². The Morgan fingerprint density at radius 2 is 2.02 bits per heavy atom. The molecule has 42 heavy (non-hydrogen) atoms. The number of hydrogen-bond acceptors (Lipinski definition) is 7. The smallest absolute Gasteiger partial charge is 0.346 e. The molecule has 4 aromatic rings. The van der Waals surface area contributed by atoms with E-state index in [2.05, 4.69) is 20.4 Å². The number of rotatable bonds is 7. The summed E-state index contributed by atoms with van der Waals surface area (Å²) in [6.45, 7) is 12.7. The van der Waals surface area contributed by atoms with Gasteiger partial charge in [0.1, 0.15) is 21.3 Å². The number of thiophene rings is 1. The minimum Gasteiger partial charge on any atom is -0.477 e. The fourth-order valence-electron chi connectivity index (χ4n) is 6.15. The van der Waals surface area contributed by atoms with Gasteiger partial charge in [-0.1, -0.05) is 24.3 Å². The van der Waals surface area contributed by atoms with Gasteiger partial charge in [0.2, 0.25) is 0 Å². The number of halogens is 1. The molecule has 2 atom stereocenters. The molecular weight excluding hydrogens is 559 g/mol. The van der Waals surface area contributed by atoms with E-state index in [9.17, 15) is 14.3 Å². The van der Waals surface area contributed by atoms with Crippen LogP contribution in [-0.4, -0.2) is 51.3 Å². The van der Waals surface area contributed by atoms with Gasteiger partial charge in [0.05, 0.1) is 36.8 Å². The van der Waals surface area contributed by atoms with Crippen LogP contribution in [0.4, 0.5) is 10.1 Å². The number of piperidine rings is 1. The number of aromatic carboxylic acids is 1. The number of benzene rings is 2. The first-order chi connectivity index (χ1) is 20.3. The third-order valence-corrected chi connectivity index (χ3v) is 9.50. The van der Waals surface area contributed by atoms with Crippen LogP contribution < -0.4 is 9.47 Å². The lowest BCUT2D eigenvalue weighted by atomic mass is 9.88. The van der Waals surface area contributed by atoms with Gasteiger partial charge in [-0.15, -0.1) is 11.3 Å². The Morgan fingerprint density at radius 3 is 2.71 bits per heavy atom. The van der Waals surface area contributed by atoms with E-state index in [-0.39, 0.29) is 23.3 Å². The van der Waals surface area contributed by atoms with Crippen molar-refractivity contribution in [2.45, 2.75) is 57.1 Å². The fraction of sp³-hybridized carbons (Fsp3) is 0.387. The molecule has 0 unspecified atom stereocenters. The molecule has 2 aromatic heterocycles. The minimum absolute atomic E-state index is 0.132. The topological polar surface area (TPSA) is 90.4 Å². The van der Waals surface area contributed by atoms with E-state index in [0.29, 0.717) is 29.5 Å². The van der Waals surface area contributed by atoms with Crippen LogP contribution in [0.15, 0.2) is 42.5 Å². The monoisotopic (exact) mass is 588 g/mol. The zero-order chi connectivity index (χ0) is 29.0. The summed E-state index contributed by atoms with van der Waals surface area (Å²) in [6.07, 6.45) is 2.95. The number of hydrogen-bond donors (Lipinski definition) is 1. The summed E-state index contributed by atoms with van der Waals surface area (Å²) in [4.78, 5) is 23.1. The highest BCUT2D eigenvalue weighted by Crippen LogP contribution is 2.50. The van der Waals surface area contributed by atoms with Crippen LogP contribution in [0.1, 0.15) is 58.7 Å². The lowest BCUT2D eigenvalue weighted by Gasteiger charge is -2.33. The van der Waals surface area contributed by atoms with Gasteiger partial charge in [0.15, 0.2) is 17.2 Å². The van der Waals surface area contributed by atoms with Crippen LogP contribution in [0.2, 0.25) is 0 Å². The first kappa shape index (κ1) is 26.9. The predicted octanol–water partition coefficient (Wildman–Crippen LogP) is 6.30. The molecular formula is C31H29FN4O5S. The number of carboxylic acids is 1. The molecule has 7 rings (SSSR count). The van der Waals surface area contributed by atoms with Gasteiger partial charge in [-0.05, 0) is 56.5 Å². The van der Waals surface area contributed by atoms with Crippen molar-refractivity contribution >= 4 is 33.3 Å². The van der Waals surface area contributed by atoms with Gasteiger partial charge in [0.25, 0.3) is 5.79 Å². The minimum atomic E-state index is -1.32. The van der Waals surface area contributed by atoms with E-state index in [4.69, 9.17) is 25.8 Å². The Labute approximate surface area is 245 Å². The number of carboxylic acid groups (broad SMARTS) is 1. The number of carbonyl (C=O) groups is 1. The molecule has 0 radical (unpaired) electrons. The summed E-state index contributed by atoms with van der Waals surface area (Å²) in [5.74, 6) is -0.362. The second-order valence-electron chi connectivity index (χ2n) is 11.2. The molecule has 0 amide bonds. The standard InChI is InChI=1S/C31H29FN4O5S/c1-31(22-7-6-19(33-2)14-23(22)32)40-25-5-3-4-21(28(25)41-31)18-8-11-35(12-9-18)17-27-34-29-24(15-26(42-29)30(37)38)36(27)16-20-10-13-39-20/h3-7,14-15,18,20H,8-13,16-17H2,1H3,(H,37,38)/t20-,31-/m0/s1. The molecule has 11 heteroatoms. The van der Waals surface area contributed by atoms with Crippen LogP contribution in [-0.2, 0) is 23.6 Å². The Morgan fingerprint density at radius 1 is 1.21 bits per heavy atom. The summed E-state index contributed by atoms with van der Waals surface area (Å²) >= 11 is 1.21. The second-order valence-corrected chi connectivity index (χ2v) is 12.2. The van der Waals surface area contributed by atoms with E-state index in [0.717, 1.165) is 60.7 Å². The number of fused-ring (bicyclic) bond motifs is 2. The molecule has 216 valence electrons. The third-order valence-electron chi connectivity index (χ3n) is 8.49. The van der Waals surface area contributed by atoms with Gasteiger partial charge in [0, 0.05) is 19.1 Å². The van der Waals surface area contributed by atoms with E-state index in [1.165, 1.54) is 17.4 Å². The average molecular weight is 589 g/mol. The summed E-state index contributed by atoms with van der Waals surface area (Å²) < 4.78 is 35.2. The van der Waals surface area contributed by atoms with Gasteiger partial charge in [-0.2, -0.15) is 0 Å². The quantitative estimate of drug-likeness (QED) is 0.254. The largest absolute Gasteiger partial charge is 0.477 e. The van der Waals surface area contributed by atoms with E-state index in [1.54, 1.807) is 25.1 Å².